The van der Waals surface area contributed by atoms with Crippen LogP contribution in [-0.2, 0) is 0 Å². The molecule has 1 amide bonds. The van der Waals surface area contributed by atoms with Gasteiger partial charge in [0.1, 0.15) is 6.04 Å². The standard InChI is InChI=1S/C22H21N7O3/c1-14-7-8-17(29-24-10-11-25-29)16(13-14)22(30)28-12-4-6-18(28)21-26-19(27-32-21)15-5-3-9-23-20(15)31-2/h3,5,7-11,13,18H,4,6,12H2,1-2H3/t18-/m0/s1. The van der Waals surface area contributed by atoms with Gasteiger partial charge in [0.25, 0.3) is 5.91 Å². The third kappa shape index (κ3) is 3.49. The average Bonchev–Trinajstić information content (AvgIpc) is 3.59. The molecule has 4 heterocycles. The minimum atomic E-state index is -0.314. The molecule has 0 bridgehead atoms. The largest absolute Gasteiger partial charge is 0.480 e. The van der Waals surface area contributed by atoms with Gasteiger partial charge >= 0.3 is 0 Å². The third-order valence-electron chi connectivity index (χ3n) is 5.46. The quantitative estimate of drug-likeness (QED) is 0.474. The Labute approximate surface area is 183 Å². The van der Waals surface area contributed by atoms with Crippen LogP contribution in [0.5, 0.6) is 5.88 Å². The summed E-state index contributed by atoms with van der Waals surface area (Å²) in [6.07, 6.45) is 6.37. The van der Waals surface area contributed by atoms with Gasteiger partial charge in [-0.25, -0.2) is 4.98 Å². The van der Waals surface area contributed by atoms with Crippen LogP contribution in [0.15, 0.2) is 53.4 Å². The van der Waals surface area contributed by atoms with E-state index in [2.05, 4.69) is 25.3 Å². The third-order valence-corrected chi connectivity index (χ3v) is 5.46. The number of likely N-dealkylation sites (tertiary alicyclic amines) is 1. The summed E-state index contributed by atoms with van der Waals surface area (Å²) >= 11 is 0. The first kappa shape index (κ1) is 19.9. The van der Waals surface area contributed by atoms with Crippen molar-refractivity contribution in [2.24, 2.45) is 0 Å². The molecule has 1 aliphatic rings. The highest BCUT2D eigenvalue weighted by Gasteiger charge is 2.36. The molecule has 32 heavy (non-hydrogen) atoms. The van der Waals surface area contributed by atoms with Crippen LogP contribution in [0.25, 0.3) is 17.1 Å². The molecule has 5 rings (SSSR count). The molecule has 0 aliphatic carbocycles. The number of ether oxygens (including phenoxy) is 1. The Morgan fingerprint density at radius 1 is 1.19 bits per heavy atom. The Morgan fingerprint density at radius 2 is 2.03 bits per heavy atom. The Hall–Kier alpha value is -4.08. The van der Waals surface area contributed by atoms with E-state index < -0.39 is 0 Å². The summed E-state index contributed by atoms with van der Waals surface area (Å²) in [5.74, 6) is 1.06. The fourth-order valence-electron chi connectivity index (χ4n) is 3.96. The van der Waals surface area contributed by atoms with Gasteiger partial charge in [0.2, 0.25) is 17.6 Å². The second kappa shape index (κ2) is 8.22. The van der Waals surface area contributed by atoms with E-state index >= 15 is 0 Å². The second-order valence-electron chi connectivity index (χ2n) is 7.51. The van der Waals surface area contributed by atoms with Gasteiger partial charge in [-0.1, -0.05) is 16.8 Å². The lowest BCUT2D eigenvalue weighted by molar-refractivity contribution is 0.0709. The first-order chi connectivity index (χ1) is 15.7. The van der Waals surface area contributed by atoms with Gasteiger partial charge in [0.15, 0.2) is 0 Å². The predicted molar refractivity (Wildman–Crippen MR) is 113 cm³/mol. The Balaban J connectivity index is 1.47. The van der Waals surface area contributed by atoms with Crippen molar-refractivity contribution in [1.82, 2.24) is 35.0 Å². The Morgan fingerprint density at radius 3 is 2.84 bits per heavy atom. The van der Waals surface area contributed by atoms with Crippen molar-refractivity contribution in [2.75, 3.05) is 13.7 Å². The molecule has 162 valence electrons. The first-order valence-electron chi connectivity index (χ1n) is 10.3. The zero-order chi connectivity index (χ0) is 22.1. The molecule has 10 nitrogen and oxygen atoms in total. The molecule has 0 saturated carbocycles. The molecule has 1 fully saturated rings. The van der Waals surface area contributed by atoms with Crippen LogP contribution < -0.4 is 4.74 Å². The number of hydrogen-bond acceptors (Lipinski definition) is 8. The van der Waals surface area contributed by atoms with E-state index in [4.69, 9.17) is 9.26 Å². The number of carbonyl (C=O) groups excluding carboxylic acids is 1. The molecular weight excluding hydrogens is 410 g/mol. The van der Waals surface area contributed by atoms with Gasteiger partial charge < -0.3 is 14.2 Å². The fourth-order valence-corrected chi connectivity index (χ4v) is 3.96. The minimum Gasteiger partial charge on any atom is -0.480 e. The van der Waals surface area contributed by atoms with Gasteiger partial charge in [-0.3, -0.25) is 4.79 Å². The minimum absolute atomic E-state index is 0.123. The van der Waals surface area contributed by atoms with E-state index in [1.54, 1.807) is 29.6 Å². The zero-order valence-electron chi connectivity index (χ0n) is 17.7. The second-order valence-corrected chi connectivity index (χ2v) is 7.51. The van der Waals surface area contributed by atoms with Crippen molar-refractivity contribution in [2.45, 2.75) is 25.8 Å². The van der Waals surface area contributed by atoms with Crippen LogP contribution in [0.3, 0.4) is 0 Å². The Bertz CT molecular complexity index is 1250. The van der Waals surface area contributed by atoms with Gasteiger partial charge in [-0.05, 0) is 44.0 Å². The van der Waals surface area contributed by atoms with E-state index in [1.807, 2.05) is 31.2 Å². The SMILES string of the molecule is COc1ncccc1-c1noc([C@@H]2CCCN2C(=O)c2cc(C)ccc2-n2nccn2)n1. The van der Waals surface area contributed by atoms with E-state index in [9.17, 15) is 4.79 Å². The predicted octanol–water partition coefficient (Wildman–Crippen LogP) is 3.01. The van der Waals surface area contributed by atoms with Crippen molar-refractivity contribution in [1.29, 1.82) is 0 Å². The van der Waals surface area contributed by atoms with Crippen LogP contribution in [-0.4, -0.2) is 54.6 Å². The number of aromatic nitrogens is 6. The molecule has 1 aliphatic heterocycles. The highest BCUT2D eigenvalue weighted by atomic mass is 16.5. The number of nitrogens with zero attached hydrogens (tertiary/aromatic N) is 7. The molecule has 4 aromatic rings. The van der Waals surface area contributed by atoms with Crippen LogP contribution in [0.4, 0.5) is 0 Å². The van der Waals surface area contributed by atoms with E-state index in [0.29, 0.717) is 41.0 Å². The topological polar surface area (TPSA) is 112 Å². The van der Waals surface area contributed by atoms with Crippen molar-refractivity contribution in [3.05, 3.63) is 65.9 Å². The molecule has 0 N–H and O–H groups in total. The maximum absolute atomic E-state index is 13.6. The van der Waals surface area contributed by atoms with Crippen molar-refractivity contribution < 1.29 is 14.1 Å². The summed E-state index contributed by atoms with van der Waals surface area (Å²) in [7, 11) is 1.54. The number of carbonyl (C=O) groups is 1. The molecule has 10 heteroatoms. The molecule has 0 unspecified atom stereocenters. The zero-order valence-corrected chi connectivity index (χ0v) is 17.7. The van der Waals surface area contributed by atoms with E-state index in [1.165, 1.54) is 11.9 Å². The monoisotopic (exact) mass is 431 g/mol. The van der Waals surface area contributed by atoms with Crippen LogP contribution in [0.1, 0.15) is 40.7 Å². The number of hydrogen-bond donors (Lipinski definition) is 0. The van der Waals surface area contributed by atoms with E-state index in [0.717, 1.165) is 18.4 Å². The average molecular weight is 431 g/mol. The lowest BCUT2D eigenvalue weighted by Crippen LogP contribution is -2.31. The van der Waals surface area contributed by atoms with Crippen LogP contribution in [0.2, 0.25) is 0 Å². The number of amides is 1. The number of aryl methyl sites for hydroxylation is 1. The maximum Gasteiger partial charge on any atom is 0.256 e. The van der Waals surface area contributed by atoms with Crippen molar-refractivity contribution in [3.8, 4) is 23.0 Å². The normalized spacial score (nSPS) is 15.8. The first-order valence-corrected chi connectivity index (χ1v) is 10.3. The highest BCUT2D eigenvalue weighted by Crippen LogP contribution is 2.35. The van der Waals surface area contributed by atoms with Crippen LogP contribution >= 0.6 is 0 Å². The van der Waals surface area contributed by atoms with Gasteiger partial charge in [0, 0.05) is 12.7 Å². The summed E-state index contributed by atoms with van der Waals surface area (Å²) in [6, 6.07) is 8.92. The van der Waals surface area contributed by atoms with Crippen molar-refractivity contribution in [3.63, 3.8) is 0 Å². The number of rotatable bonds is 5. The maximum atomic E-state index is 13.6. The lowest BCUT2D eigenvalue weighted by Gasteiger charge is -2.23. The van der Waals surface area contributed by atoms with Gasteiger partial charge in [0.05, 0.1) is 36.3 Å². The molecule has 0 radical (unpaired) electrons. The molecular formula is C22H21N7O3. The Kier molecular flexibility index (Phi) is 5.10. The number of methoxy groups -OCH3 is 1. The number of benzene rings is 1. The molecule has 1 atom stereocenters. The summed E-state index contributed by atoms with van der Waals surface area (Å²) in [5.41, 5.74) is 2.76. The lowest BCUT2D eigenvalue weighted by atomic mass is 10.1. The van der Waals surface area contributed by atoms with Crippen molar-refractivity contribution >= 4 is 5.91 Å². The summed E-state index contributed by atoms with van der Waals surface area (Å²) in [4.78, 5) is 25.6. The smallest absolute Gasteiger partial charge is 0.256 e. The molecule has 1 aromatic carbocycles. The molecule has 0 spiro atoms. The summed E-state index contributed by atoms with van der Waals surface area (Å²) < 4.78 is 10.9. The fraction of sp³-hybridized carbons (Fsp3) is 0.273. The molecule has 3 aromatic heterocycles. The van der Waals surface area contributed by atoms with E-state index in [-0.39, 0.29) is 11.9 Å². The van der Waals surface area contributed by atoms with Crippen LogP contribution in [0, 0.1) is 6.92 Å². The van der Waals surface area contributed by atoms with Gasteiger partial charge in [-0.2, -0.15) is 20.0 Å². The molecule has 1 saturated heterocycles. The summed E-state index contributed by atoms with van der Waals surface area (Å²) in [5, 5.41) is 12.5. The van der Waals surface area contributed by atoms with Gasteiger partial charge in [-0.15, -0.1) is 0 Å². The highest BCUT2D eigenvalue weighted by molar-refractivity contribution is 5.98. The summed E-state index contributed by atoms with van der Waals surface area (Å²) in [6.45, 7) is 2.54. The number of pyridine rings is 1.